The summed E-state index contributed by atoms with van der Waals surface area (Å²) in [4.78, 5) is 35.9. The van der Waals surface area contributed by atoms with Gasteiger partial charge in [-0.1, -0.05) is 69.6 Å². The van der Waals surface area contributed by atoms with E-state index in [0.717, 1.165) is 59.4 Å². The van der Waals surface area contributed by atoms with Crippen LogP contribution < -0.4 is 5.56 Å². The maximum absolute atomic E-state index is 14.7. The fourth-order valence-corrected chi connectivity index (χ4v) is 7.00. The minimum absolute atomic E-state index is 0.0592. The summed E-state index contributed by atoms with van der Waals surface area (Å²) in [6.07, 6.45) is 3.83. The van der Waals surface area contributed by atoms with Gasteiger partial charge in [-0.05, 0) is 73.3 Å². The first-order valence-corrected chi connectivity index (χ1v) is 16.5. The number of amides is 1. The Morgan fingerprint density at radius 2 is 1.81 bits per heavy atom. The number of pyridine rings is 1. The molecule has 5 rings (SSSR count). The fraction of sp³-hybridized carbons (Fsp3) is 0.400. The number of aliphatic hydroxyl groups is 1. The van der Waals surface area contributed by atoms with Gasteiger partial charge in [0, 0.05) is 41.4 Å². The Balaban J connectivity index is 1.78. The molecule has 1 atom stereocenters. The third-order valence-corrected chi connectivity index (χ3v) is 9.39. The Kier molecular flexibility index (Phi) is 9.85. The summed E-state index contributed by atoms with van der Waals surface area (Å²) >= 11 is 7.52. The lowest BCUT2D eigenvalue weighted by Gasteiger charge is -2.33. The highest BCUT2D eigenvalue weighted by Crippen LogP contribution is 2.32. The molecule has 0 spiro atoms. The van der Waals surface area contributed by atoms with Gasteiger partial charge in [0.25, 0.3) is 11.5 Å². The van der Waals surface area contributed by atoms with Gasteiger partial charge in [0.05, 0.1) is 22.5 Å². The molecular formula is C35H40ClN3O3S. The van der Waals surface area contributed by atoms with E-state index in [-0.39, 0.29) is 29.9 Å². The number of carbonyl (C=O) groups is 1. The molecule has 2 aromatic heterocycles. The van der Waals surface area contributed by atoms with Crippen LogP contribution in [0, 0.1) is 11.8 Å². The summed E-state index contributed by atoms with van der Waals surface area (Å²) in [5.74, 6) is 0.181. The molecule has 1 N–H and O–H groups in total. The molecule has 8 heteroatoms. The first kappa shape index (κ1) is 31.2. The zero-order chi connectivity index (χ0) is 30.7. The van der Waals surface area contributed by atoms with Gasteiger partial charge in [-0.15, -0.1) is 11.3 Å². The van der Waals surface area contributed by atoms with Crippen molar-refractivity contribution in [3.8, 4) is 27.5 Å². The van der Waals surface area contributed by atoms with Crippen molar-refractivity contribution in [2.45, 2.75) is 59.8 Å². The minimum atomic E-state index is -0.160. The number of piperidine rings is 1. The van der Waals surface area contributed by atoms with Crippen LogP contribution in [0.15, 0.2) is 58.7 Å². The predicted octanol–water partition coefficient (Wildman–Crippen LogP) is 7.45. The van der Waals surface area contributed by atoms with Gasteiger partial charge in [-0.3, -0.25) is 14.2 Å². The molecule has 0 radical (unpaired) electrons. The normalized spacial score (nSPS) is 15.3. The van der Waals surface area contributed by atoms with E-state index in [1.807, 2.05) is 45.2 Å². The number of aromatic nitrogens is 2. The second-order valence-corrected chi connectivity index (χ2v) is 13.1. The molecule has 226 valence electrons. The standard InChI is InChI=1S/C35H40ClN3O3S/c1-5-24-10-7-11-25(6-2)32(24)39-31(17-22(3)4)28(34(41)38-16-8-9-23(19-38)20-40)18-29(35(39)42)33-37-30(21-43-33)26-12-14-27(36)15-13-26/h7,10-15,18,21-23,40H,5-6,8-9,16-17,19-20H2,1-4H3/t23-/m1/s1. The topological polar surface area (TPSA) is 75.4 Å². The van der Waals surface area contributed by atoms with Crippen LogP contribution in [-0.4, -0.2) is 45.2 Å². The predicted molar refractivity (Wildman–Crippen MR) is 177 cm³/mol. The molecule has 0 saturated carbocycles. The van der Waals surface area contributed by atoms with Gasteiger partial charge in [0.1, 0.15) is 5.01 Å². The average molecular weight is 618 g/mol. The summed E-state index contributed by atoms with van der Waals surface area (Å²) in [5, 5.41) is 13.1. The van der Waals surface area contributed by atoms with E-state index < -0.39 is 0 Å². The number of likely N-dealkylation sites (tertiary alicyclic amines) is 1. The number of hydrogen-bond donors (Lipinski definition) is 1. The maximum Gasteiger partial charge on any atom is 0.265 e. The quantitative estimate of drug-likeness (QED) is 0.212. The highest BCUT2D eigenvalue weighted by atomic mass is 35.5. The largest absolute Gasteiger partial charge is 0.396 e. The van der Waals surface area contributed by atoms with Gasteiger partial charge in [-0.25, -0.2) is 4.98 Å². The van der Waals surface area contributed by atoms with Gasteiger partial charge >= 0.3 is 0 Å². The summed E-state index contributed by atoms with van der Waals surface area (Å²) in [7, 11) is 0. The highest BCUT2D eigenvalue weighted by Gasteiger charge is 2.30. The number of hydrogen-bond acceptors (Lipinski definition) is 5. The number of halogens is 1. The second kappa shape index (κ2) is 13.6. The van der Waals surface area contributed by atoms with E-state index in [2.05, 4.69) is 39.8 Å². The summed E-state index contributed by atoms with van der Waals surface area (Å²) < 4.78 is 1.83. The van der Waals surface area contributed by atoms with Crippen molar-refractivity contribution in [3.63, 3.8) is 0 Å². The number of aryl methyl sites for hydroxylation is 2. The molecule has 3 heterocycles. The van der Waals surface area contributed by atoms with E-state index in [9.17, 15) is 14.7 Å². The van der Waals surface area contributed by atoms with Gasteiger partial charge in [0.15, 0.2) is 0 Å². The smallest absolute Gasteiger partial charge is 0.265 e. The first-order chi connectivity index (χ1) is 20.7. The Labute approximate surface area is 263 Å². The van der Waals surface area contributed by atoms with Crippen molar-refractivity contribution in [2.24, 2.45) is 11.8 Å². The lowest BCUT2D eigenvalue weighted by Crippen LogP contribution is -2.42. The highest BCUT2D eigenvalue weighted by molar-refractivity contribution is 7.13. The van der Waals surface area contributed by atoms with Crippen molar-refractivity contribution in [1.82, 2.24) is 14.5 Å². The van der Waals surface area contributed by atoms with Crippen LogP contribution in [0.25, 0.3) is 27.5 Å². The lowest BCUT2D eigenvalue weighted by molar-refractivity contribution is 0.0618. The molecule has 0 bridgehead atoms. The lowest BCUT2D eigenvalue weighted by atomic mass is 9.95. The summed E-state index contributed by atoms with van der Waals surface area (Å²) in [6, 6.07) is 15.5. The van der Waals surface area contributed by atoms with E-state index >= 15 is 0 Å². The molecular weight excluding hydrogens is 578 g/mol. The molecule has 6 nitrogen and oxygen atoms in total. The third-order valence-electron chi connectivity index (χ3n) is 8.26. The molecule has 1 aliphatic heterocycles. The van der Waals surface area contributed by atoms with E-state index in [1.54, 1.807) is 6.07 Å². The molecule has 2 aromatic carbocycles. The third kappa shape index (κ3) is 6.49. The van der Waals surface area contributed by atoms with Crippen LogP contribution in [0.4, 0.5) is 0 Å². The zero-order valence-electron chi connectivity index (χ0n) is 25.4. The Morgan fingerprint density at radius 3 is 2.44 bits per heavy atom. The summed E-state index contributed by atoms with van der Waals surface area (Å²) in [5.41, 5.74) is 6.23. The van der Waals surface area contributed by atoms with Crippen molar-refractivity contribution >= 4 is 28.8 Å². The number of benzene rings is 2. The molecule has 43 heavy (non-hydrogen) atoms. The molecule has 1 fully saturated rings. The number of aliphatic hydroxyl groups excluding tert-OH is 1. The number of para-hydroxylation sites is 1. The molecule has 1 saturated heterocycles. The van der Waals surface area contributed by atoms with Crippen LogP contribution in [0.5, 0.6) is 0 Å². The number of rotatable bonds is 9. The van der Waals surface area contributed by atoms with Crippen LogP contribution in [-0.2, 0) is 19.3 Å². The van der Waals surface area contributed by atoms with Crippen molar-refractivity contribution in [3.05, 3.63) is 91.7 Å². The molecule has 0 aliphatic carbocycles. The Morgan fingerprint density at radius 1 is 1.12 bits per heavy atom. The number of nitrogens with zero attached hydrogens (tertiary/aromatic N) is 3. The molecule has 1 amide bonds. The fourth-order valence-electron chi connectivity index (χ4n) is 6.04. The van der Waals surface area contributed by atoms with Crippen molar-refractivity contribution < 1.29 is 9.90 Å². The van der Waals surface area contributed by atoms with Gasteiger partial charge < -0.3 is 10.0 Å². The van der Waals surface area contributed by atoms with Crippen LogP contribution in [0.3, 0.4) is 0 Å². The molecule has 4 aromatic rings. The average Bonchev–Trinajstić information content (AvgIpc) is 3.51. The van der Waals surface area contributed by atoms with E-state index in [4.69, 9.17) is 16.6 Å². The molecule has 1 aliphatic rings. The summed E-state index contributed by atoms with van der Waals surface area (Å²) in [6.45, 7) is 9.64. The number of thiazole rings is 1. The van der Waals surface area contributed by atoms with E-state index in [1.165, 1.54) is 11.3 Å². The Hall–Kier alpha value is -3.26. The van der Waals surface area contributed by atoms with Gasteiger partial charge in [-0.2, -0.15) is 0 Å². The molecule has 0 unspecified atom stereocenters. The SMILES string of the molecule is CCc1cccc(CC)c1-n1c(CC(C)C)c(C(=O)N2CCC[C@@H](CO)C2)cc(-c2nc(-c3ccc(Cl)cc3)cs2)c1=O. The maximum atomic E-state index is 14.7. The van der Waals surface area contributed by atoms with Crippen molar-refractivity contribution in [1.29, 1.82) is 0 Å². The van der Waals surface area contributed by atoms with Crippen LogP contribution in [0.2, 0.25) is 5.02 Å². The number of carbonyl (C=O) groups excluding carboxylic acids is 1. The minimum Gasteiger partial charge on any atom is -0.396 e. The zero-order valence-corrected chi connectivity index (χ0v) is 27.0. The second-order valence-electron chi connectivity index (χ2n) is 11.8. The van der Waals surface area contributed by atoms with Crippen molar-refractivity contribution in [2.75, 3.05) is 19.7 Å². The van der Waals surface area contributed by atoms with E-state index in [0.29, 0.717) is 40.7 Å². The Bertz CT molecular complexity index is 1640. The monoisotopic (exact) mass is 617 g/mol. The first-order valence-electron chi connectivity index (χ1n) is 15.3. The van der Waals surface area contributed by atoms with Crippen LogP contribution >= 0.6 is 22.9 Å². The van der Waals surface area contributed by atoms with Gasteiger partial charge in [0.2, 0.25) is 0 Å². The van der Waals surface area contributed by atoms with Crippen LogP contribution in [0.1, 0.15) is 67.7 Å².